The Kier molecular flexibility index (Phi) is 24.5. The van der Waals surface area contributed by atoms with Crippen molar-refractivity contribution in [2.45, 2.75) is 148 Å². The maximum absolute atomic E-state index is 13.8. The monoisotopic (exact) mass is 935 g/mol. The molecule has 1 heterocycles. The van der Waals surface area contributed by atoms with Crippen molar-refractivity contribution in [3.8, 4) is 0 Å². The number of aliphatic carboxylic acids is 1. The highest BCUT2D eigenvalue weighted by Gasteiger charge is 2.41. The van der Waals surface area contributed by atoms with Crippen LogP contribution in [0, 0.1) is 17.8 Å². The second kappa shape index (κ2) is 27.2. The molecule has 1 fully saturated rings. The summed E-state index contributed by atoms with van der Waals surface area (Å²) in [5.41, 5.74) is 6.05. The summed E-state index contributed by atoms with van der Waals surface area (Å²) in [4.78, 5) is 119. The summed E-state index contributed by atoms with van der Waals surface area (Å²) >= 11 is 8.31. The van der Waals surface area contributed by atoms with E-state index in [0.29, 0.717) is 19.3 Å². The van der Waals surface area contributed by atoms with Crippen LogP contribution in [0.15, 0.2) is 0 Å². The first-order chi connectivity index (χ1) is 29.4. The predicted molar refractivity (Wildman–Crippen MR) is 236 cm³/mol. The van der Waals surface area contributed by atoms with Crippen molar-refractivity contribution in [2.24, 2.45) is 23.5 Å². The molecule has 0 aliphatic carbocycles. The predicted octanol–water partition coefficient (Wildman–Crippen LogP) is -3.86. The van der Waals surface area contributed by atoms with Crippen LogP contribution in [0.1, 0.15) is 81.1 Å². The number of amides is 8. The molecule has 63 heavy (non-hydrogen) atoms. The standard InChI is InChI=1S/C39H69N9O13S2/c1-9-18(5)26(40)34(55)45-28(19(6)10-2)35(56)41-22(14-49)31(52)42-23(15-62)32(53)46-29(20(7)50)36(57)43-24(16-63)38(59)48-13-11-12-25(48)33(54)47-30(21(8)51)37(58)44-27(17(3)4)39(60)61/h17-30,49-51,62-63H,9-16,40H2,1-8H3,(H,41,56)(H,42,52)(H,43,57)(H,44,58)(H,45,55)(H,46,53)(H,47,54)(H,60,61)/t18-,19-,20+,21+,22-,23-,24-,25-,26-,27-,28-,29-,30-/m0/s1. The number of carboxylic acid groups (broad SMARTS) is 1. The molecule has 0 aromatic carbocycles. The number of carbonyl (C=O) groups is 9. The van der Waals surface area contributed by atoms with Gasteiger partial charge in [-0.3, -0.25) is 38.4 Å². The number of rotatable bonds is 26. The second-order valence-corrected chi connectivity index (χ2v) is 17.0. The fourth-order valence-electron chi connectivity index (χ4n) is 6.41. The van der Waals surface area contributed by atoms with Gasteiger partial charge in [-0.05, 0) is 44.4 Å². The molecule has 1 rings (SSSR count). The van der Waals surface area contributed by atoms with Crippen molar-refractivity contribution < 1.29 is 63.6 Å². The lowest BCUT2D eigenvalue weighted by Gasteiger charge is -2.31. The smallest absolute Gasteiger partial charge is 0.326 e. The van der Waals surface area contributed by atoms with E-state index >= 15 is 0 Å². The zero-order valence-corrected chi connectivity index (χ0v) is 38.9. The minimum atomic E-state index is -1.72. The van der Waals surface area contributed by atoms with Gasteiger partial charge in [-0.1, -0.05) is 54.4 Å². The highest BCUT2D eigenvalue weighted by Crippen LogP contribution is 2.20. The topological polar surface area (TPSA) is 348 Å². The molecule has 0 radical (unpaired) electrons. The summed E-state index contributed by atoms with van der Waals surface area (Å²) in [6.45, 7) is 11.8. The molecule has 13 atom stereocenters. The van der Waals surface area contributed by atoms with Gasteiger partial charge in [0.2, 0.25) is 47.3 Å². The molecule has 1 aliphatic rings. The maximum Gasteiger partial charge on any atom is 0.326 e. The summed E-state index contributed by atoms with van der Waals surface area (Å²) in [6.07, 6.45) is -1.50. The number of carbonyl (C=O) groups excluding carboxylic acids is 8. The van der Waals surface area contributed by atoms with Crippen molar-refractivity contribution in [3.05, 3.63) is 0 Å². The van der Waals surface area contributed by atoms with Gasteiger partial charge in [-0.2, -0.15) is 25.3 Å². The van der Waals surface area contributed by atoms with Crippen molar-refractivity contribution >= 4 is 78.5 Å². The van der Waals surface area contributed by atoms with Gasteiger partial charge < -0.3 is 68.3 Å². The quantitative estimate of drug-likeness (QED) is 0.0370. The first kappa shape index (κ1) is 56.8. The summed E-state index contributed by atoms with van der Waals surface area (Å²) < 4.78 is 0. The molecule has 24 heteroatoms. The molecule has 0 aromatic heterocycles. The minimum absolute atomic E-state index is 0.0472. The van der Waals surface area contributed by atoms with E-state index in [1.165, 1.54) is 13.8 Å². The van der Waals surface area contributed by atoms with Gasteiger partial charge in [0.15, 0.2) is 0 Å². The zero-order chi connectivity index (χ0) is 48.5. The first-order valence-corrected chi connectivity index (χ1v) is 22.3. The van der Waals surface area contributed by atoms with E-state index in [4.69, 9.17) is 5.73 Å². The number of nitrogens with two attached hydrogens (primary N) is 1. The molecule has 1 saturated heterocycles. The van der Waals surface area contributed by atoms with Crippen molar-refractivity contribution in [3.63, 3.8) is 0 Å². The Morgan fingerprint density at radius 2 is 1.06 bits per heavy atom. The fourth-order valence-corrected chi connectivity index (χ4v) is 6.91. The molecule has 360 valence electrons. The van der Waals surface area contributed by atoms with Crippen LogP contribution >= 0.6 is 25.3 Å². The molecule has 0 aromatic rings. The lowest BCUT2D eigenvalue weighted by atomic mass is 9.95. The van der Waals surface area contributed by atoms with E-state index < -0.39 is 138 Å². The van der Waals surface area contributed by atoms with Crippen LogP contribution in [0.3, 0.4) is 0 Å². The summed E-state index contributed by atoms with van der Waals surface area (Å²) in [5.74, 6) is -10.1. The molecule has 22 nitrogen and oxygen atoms in total. The molecular weight excluding hydrogens is 867 g/mol. The second-order valence-electron chi connectivity index (χ2n) is 16.2. The van der Waals surface area contributed by atoms with Crippen LogP contribution in [0.5, 0.6) is 0 Å². The van der Waals surface area contributed by atoms with Gasteiger partial charge in [-0.15, -0.1) is 0 Å². The van der Waals surface area contributed by atoms with Gasteiger partial charge in [-0.25, -0.2) is 4.79 Å². The number of hydrogen-bond donors (Lipinski definition) is 14. The van der Waals surface area contributed by atoms with Crippen LogP contribution in [-0.4, -0.2) is 170 Å². The Hall–Kier alpha value is -4.23. The van der Waals surface area contributed by atoms with E-state index in [-0.39, 0.29) is 30.4 Å². The lowest BCUT2D eigenvalue weighted by molar-refractivity contribution is -0.145. The van der Waals surface area contributed by atoms with E-state index in [0.717, 1.165) is 4.90 Å². The van der Waals surface area contributed by atoms with Gasteiger partial charge in [0.25, 0.3) is 0 Å². The third-order valence-electron chi connectivity index (χ3n) is 11.0. The maximum atomic E-state index is 13.8. The number of hydrogen-bond acceptors (Lipinski definition) is 15. The third kappa shape index (κ3) is 16.7. The van der Waals surface area contributed by atoms with E-state index in [1.54, 1.807) is 34.6 Å². The summed E-state index contributed by atoms with van der Waals surface area (Å²) in [6, 6.07) is -12.3. The van der Waals surface area contributed by atoms with Crippen LogP contribution in [-0.2, 0) is 43.2 Å². The Morgan fingerprint density at radius 3 is 1.54 bits per heavy atom. The molecule has 0 spiro atoms. The number of nitrogens with zero attached hydrogens (tertiary/aromatic N) is 1. The Balaban J connectivity index is 3.10. The number of carboxylic acids is 1. The van der Waals surface area contributed by atoms with Gasteiger partial charge >= 0.3 is 5.97 Å². The Morgan fingerprint density at radius 1 is 0.619 bits per heavy atom. The van der Waals surface area contributed by atoms with Gasteiger partial charge in [0.1, 0.15) is 48.3 Å². The highest BCUT2D eigenvalue weighted by atomic mass is 32.1. The zero-order valence-electron chi connectivity index (χ0n) is 37.1. The fraction of sp³-hybridized carbons (Fsp3) is 0.769. The number of thiol groups is 2. The molecule has 8 amide bonds. The largest absolute Gasteiger partial charge is 0.480 e. The molecular formula is C39H69N9O13S2. The van der Waals surface area contributed by atoms with E-state index in [1.807, 2.05) is 6.92 Å². The van der Waals surface area contributed by atoms with Crippen LogP contribution in [0.2, 0.25) is 0 Å². The van der Waals surface area contributed by atoms with Crippen molar-refractivity contribution in [1.82, 2.24) is 42.1 Å². The lowest BCUT2D eigenvalue weighted by Crippen LogP contribution is -2.63. The number of nitrogens with one attached hydrogen (secondary N) is 7. The number of aliphatic hydroxyl groups excluding tert-OH is 3. The van der Waals surface area contributed by atoms with Crippen LogP contribution in [0.25, 0.3) is 0 Å². The molecule has 13 N–H and O–H groups in total. The van der Waals surface area contributed by atoms with E-state index in [9.17, 15) is 63.6 Å². The molecule has 0 unspecified atom stereocenters. The van der Waals surface area contributed by atoms with Gasteiger partial charge in [0.05, 0.1) is 24.9 Å². The Bertz CT molecular complexity index is 1610. The molecule has 0 saturated carbocycles. The summed E-state index contributed by atoms with van der Waals surface area (Å²) in [7, 11) is 0. The van der Waals surface area contributed by atoms with Crippen LogP contribution < -0.4 is 43.0 Å². The normalized spacial score (nSPS) is 19.5. The average molecular weight is 936 g/mol. The molecule has 1 aliphatic heterocycles. The summed E-state index contributed by atoms with van der Waals surface area (Å²) in [5, 5.41) is 57.1. The molecule has 0 bridgehead atoms. The Labute approximate surface area is 378 Å². The minimum Gasteiger partial charge on any atom is -0.480 e. The SMILES string of the molecule is CC[C@H](C)[C@H](N)C(=O)N[C@H](C(=O)N[C@@H](CO)C(=O)N[C@@H](CS)C(=O)N[C@H](C(=O)N[C@@H](CS)C(=O)N1CCC[C@H]1C(=O)N[C@H](C(=O)N[C@H](C(=O)O)C(C)C)[C@@H](C)O)[C@@H](C)O)[C@@H](C)CC. The van der Waals surface area contributed by atoms with Crippen LogP contribution in [0.4, 0.5) is 0 Å². The van der Waals surface area contributed by atoms with Gasteiger partial charge in [0, 0.05) is 18.1 Å². The number of aliphatic hydroxyl groups is 3. The highest BCUT2D eigenvalue weighted by molar-refractivity contribution is 7.80. The van der Waals surface area contributed by atoms with E-state index in [2.05, 4.69) is 62.5 Å². The third-order valence-corrected chi connectivity index (χ3v) is 11.7. The average Bonchev–Trinajstić information content (AvgIpc) is 3.74. The van der Waals surface area contributed by atoms with Crippen molar-refractivity contribution in [1.29, 1.82) is 0 Å². The first-order valence-electron chi connectivity index (χ1n) is 21.0. The number of likely N-dealkylation sites (tertiary alicyclic amines) is 1. The van der Waals surface area contributed by atoms with Crippen molar-refractivity contribution in [2.75, 3.05) is 24.7 Å².